The van der Waals surface area contributed by atoms with E-state index in [4.69, 9.17) is 0 Å². The van der Waals surface area contributed by atoms with E-state index < -0.39 is 0 Å². The van der Waals surface area contributed by atoms with E-state index in [1.807, 2.05) is 5.51 Å². The molecule has 0 aliphatic carbocycles. The van der Waals surface area contributed by atoms with Gasteiger partial charge in [-0.2, -0.15) is 0 Å². The van der Waals surface area contributed by atoms with Gasteiger partial charge in [-0.3, -0.25) is 0 Å². The van der Waals surface area contributed by atoms with Crippen molar-refractivity contribution in [2.24, 2.45) is 5.41 Å². The molecule has 1 atom stereocenters. The summed E-state index contributed by atoms with van der Waals surface area (Å²) in [5.41, 5.74) is 3.62. The highest BCUT2D eigenvalue weighted by atomic mass is 32.1. The summed E-state index contributed by atoms with van der Waals surface area (Å²) < 4.78 is 0. The monoisotopic (exact) mass is 254 g/mol. The van der Waals surface area contributed by atoms with Crippen molar-refractivity contribution in [3.05, 3.63) is 16.6 Å². The zero-order valence-electron chi connectivity index (χ0n) is 11.5. The Labute approximate surface area is 110 Å². The molecule has 0 spiro atoms. The van der Waals surface area contributed by atoms with E-state index in [1.54, 1.807) is 11.3 Å². The number of hydrogen-bond acceptors (Lipinski definition) is 3. The molecule has 3 heteroatoms. The van der Waals surface area contributed by atoms with E-state index >= 15 is 0 Å². The van der Waals surface area contributed by atoms with Crippen molar-refractivity contribution in [2.45, 2.75) is 52.9 Å². The van der Waals surface area contributed by atoms with Gasteiger partial charge in [0.15, 0.2) is 0 Å². The maximum atomic E-state index is 4.46. The van der Waals surface area contributed by atoms with Gasteiger partial charge in [-0.1, -0.05) is 33.6 Å². The maximum Gasteiger partial charge on any atom is 0.0794 e. The lowest BCUT2D eigenvalue weighted by atomic mass is 9.76. The summed E-state index contributed by atoms with van der Waals surface area (Å²) >= 11 is 1.71. The Morgan fingerprint density at radius 1 is 1.35 bits per heavy atom. The second-order valence-electron chi connectivity index (χ2n) is 4.89. The van der Waals surface area contributed by atoms with Gasteiger partial charge in [0.2, 0.25) is 0 Å². The third-order valence-corrected chi connectivity index (χ3v) is 4.24. The number of hydrogen-bond donors (Lipinski definition) is 1. The predicted molar refractivity (Wildman–Crippen MR) is 76.6 cm³/mol. The molecule has 1 N–H and O–H groups in total. The van der Waals surface area contributed by atoms with Crippen LogP contribution in [0.5, 0.6) is 0 Å². The summed E-state index contributed by atoms with van der Waals surface area (Å²) in [5, 5.41) is 5.73. The zero-order valence-corrected chi connectivity index (χ0v) is 12.3. The van der Waals surface area contributed by atoms with Crippen LogP contribution in [-0.4, -0.2) is 18.1 Å². The molecule has 1 rings (SSSR count). The van der Waals surface area contributed by atoms with Crippen molar-refractivity contribution >= 4 is 11.3 Å². The van der Waals surface area contributed by atoms with E-state index in [-0.39, 0.29) is 0 Å². The van der Waals surface area contributed by atoms with Gasteiger partial charge in [0, 0.05) is 11.9 Å². The fraction of sp³-hybridized carbons (Fsp3) is 0.786. The molecule has 1 heterocycles. The lowest BCUT2D eigenvalue weighted by Crippen LogP contribution is -2.36. The van der Waals surface area contributed by atoms with Gasteiger partial charge in [-0.15, -0.1) is 11.3 Å². The Bertz CT molecular complexity index is 274. The quantitative estimate of drug-likeness (QED) is 0.723. The van der Waals surface area contributed by atoms with Gasteiger partial charge in [0.1, 0.15) is 0 Å². The predicted octanol–water partition coefficient (Wildman–Crippen LogP) is 3.88. The summed E-state index contributed by atoms with van der Waals surface area (Å²) in [6.45, 7) is 8.96. The number of unbranched alkanes of at least 4 members (excludes halogenated alkanes) is 1. The Morgan fingerprint density at radius 2 is 2.18 bits per heavy atom. The topological polar surface area (TPSA) is 24.9 Å². The highest BCUT2D eigenvalue weighted by Crippen LogP contribution is 2.32. The van der Waals surface area contributed by atoms with Gasteiger partial charge in [0.25, 0.3) is 0 Å². The molecule has 0 saturated heterocycles. The average molecular weight is 254 g/mol. The van der Waals surface area contributed by atoms with Crippen LogP contribution in [0.4, 0.5) is 0 Å². The number of nitrogens with one attached hydrogen (secondary N) is 1. The second kappa shape index (κ2) is 7.83. The van der Waals surface area contributed by atoms with Crippen molar-refractivity contribution in [2.75, 3.05) is 13.1 Å². The van der Waals surface area contributed by atoms with Crippen LogP contribution >= 0.6 is 11.3 Å². The SMILES string of the molecule is CCCCC(CC)(CNCC)Cc1cscn1. The van der Waals surface area contributed by atoms with E-state index in [9.17, 15) is 0 Å². The highest BCUT2D eigenvalue weighted by Gasteiger charge is 2.28. The van der Waals surface area contributed by atoms with Gasteiger partial charge < -0.3 is 5.32 Å². The molecule has 17 heavy (non-hydrogen) atoms. The Balaban J connectivity index is 2.66. The van der Waals surface area contributed by atoms with Crippen LogP contribution in [0, 0.1) is 5.41 Å². The van der Waals surface area contributed by atoms with Crippen molar-refractivity contribution in [3.8, 4) is 0 Å². The minimum Gasteiger partial charge on any atom is -0.316 e. The molecule has 0 bridgehead atoms. The van der Waals surface area contributed by atoms with Crippen LogP contribution in [-0.2, 0) is 6.42 Å². The Morgan fingerprint density at radius 3 is 2.71 bits per heavy atom. The molecule has 0 amide bonds. The van der Waals surface area contributed by atoms with Gasteiger partial charge in [-0.25, -0.2) is 4.98 Å². The van der Waals surface area contributed by atoms with Crippen molar-refractivity contribution in [1.82, 2.24) is 10.3 Å². The van der Waals surface area contributed by atoms with E-state index in [0.717, 1.165) is 19.5 Å². The first kappa shape index (κ1) is 14.7. The molecular weight excluding hydrogens is 228 g/mol. The van der Waals surface area contributed by atoms with E-state index in [0.29, 0.717) is 5.41 Å². The number of aromatic nitrogens is 1. The van der Waals surface area contributed by atoms with Crippen LogP contribution in [0.3, 0.4) is 0 Å². The van der Waals surface area contributed by atoms with Crippen LogP contribution in [0.2, 0.25) is 0 Å². The molecule has 0 saturated carbocycles. The third-order valence-electron chi connectivity index (χ3n) is 3.60. The molecule has 0 radical (unpaired) electrons. The van der Waals surface area contributed by atoms with E-state index in [2.05, 4.69) is 36.5 Å². The molecule has 0 aromatic carbocycles. The van der Waals surface area contributed by atoms with Crippen LogP contribution in [0.1, 0.15) is 52.1 Å². The molecule has 1 aromatic rings. The normalized spacial score (nSPS) is 14.8. The van der Waals surface area contributed by atoms with Crippen molar-refractivity contribution in [3.63, 3.8) is 0 Å². The van der Waals surface area contributed by atoms with Crippen molar-refractivity contribution < 1.29 is 0 Å². The summed E-state index contributed by atoms with van der Waals surface area (Å²) in [7, 11) is 0. The first-order valence-corrected chi connectivity index (χ1v) is 7.78. The van der Waals surface area contributed by atoms with Crippen LogP contribution < -0.4 is 5.32 Å². The highest BCUT2D eigenvalue weighted by molar-refractivity contribution is 7.07. The Hall–Kier alpha value is -0.410. The largest absolute Gasteiger partial charge is 0.316 e. The van der Waals surface area contributed by atoms with Gasteiger partial charge in [-0.05, 0) is 31.2 Å². The molecule has 0 aliphatic rings. The molecule has 1 aromatic heterocycles. The summed E-state index contributed by atoms with van der Waals surface area (Å²) in [6, 6.07) is 0. The maximum absolute atomic E-state index is 4.46. The van der Waals surface area contributed by atoms with Crippen LogP contribution in [0.25, 0.3) is 0 Å². The standard InChI is InChI=1S/C14H26N2S/c1-4-7-8-14(5-2,11-15-6-3)9-13-10-17-12-16-13/h10,12,15H,4-9,11H2,1-3H3. The third kappa shape index (κ3) is 4.76. The molecule has 98 valence electrons. The molecule has 0 aliphatic heterocycles. The smallest absolute Gasteiger partial charge is 0.0794 e. The van der Waals surface area contributed by atoms with Gasteiger partial charge >= 0.3 is 0 Å². The number of nitrogens with zero attached hydrogens (tertiary/aromatic N) is 1. The average Bonchev–Trinajstić information content (AvgIpc) is 2.85. The summed E-state index contributed by atoms with van der Waals surface area (Å²) in [5.74, 6) is 0. The van der Waals surface area contributed by atoms with E-state index in [1.165, 1.54) is 31.4 Å². The lowest BCUT2D eigenvalue weighted by Gasteiger charge is -2.32. The first-order chi connectivity index (χ1) is 8.26. The molecule has 2 nitrogen and oxygen atoms in total. The molecule has 0 fully saturated rings. The fourth-order valence-electron chi connectivity index (χ4n) is 2.32. The molecule has 1 unspecified atom stereocenters. The zero-order chi connectivity index (χ0) is 12.6. The first-order valence-electron chi connectivity index (χ1n) is 6.84. The fourth-order valence-corrected chi connectivity index (χ4v) is 2.88. The molecular formula is C14H26N2S. The summed E-state index contributed by atoms with van der Waals surface area (Å²) in [4.78, 5) is 4.46. The number of thiazole rings is 1. The second-order valence-corrected chi connectivity index (χ2v) is 5.61. The minimum absolute atomic E-state index is 0.403. The minimum atomic E-state index is 0.403. The summed E-state index contributed by atoms with van der Waals surface area (Å²) in [6.07, 6.45) is 6.27. The number of rotatable bonds is 9. The van der Waals surface area contributed by atoms with Crippen molar-refractivity contribution in [1.29, 1.82) is 0 Å². The Kier molecular flexibility index (Phi) is 6.75. The van der Waals surface area contributed by atoms with Gasteiger partial charge in [0.05, 0.1) is 11.2 Å². The van der Waals surface area contributed by atoms with Crippen LogP contribution in [0.15, 0.2) is 10.9 Å². The lowest BCUT2D eigenvalue weighted by molar-refractivity contribution is 0.229.